The number of rotatable bonds is 13. The summed E-state index contributed by atoms with van der Waals surface area (Å²) in [6.07, 6.45) is -10.3. The van der Waals surface area contributed by atoms with Crippen molar-refractivity contribution in [1.82, 2.24) is 0 Å². The summed E-state index contributed by atoms with van der Waals surface area (Å²) in [5.74, 6) is -0.388. The number of hydrogen-bond acceptors (Lipinski definition) is 4. The predicted molar refractivity (Wildman–Crippen MR) is 153 cm³/mol. The van der Waals surface area contributed by atoms with Gasteiger partial charge in [-0.3, -0.25) is 0 Å². The highest BCUT2D eigenvalue weighted by Gasteiger charge is 2.74. The zero-order chi connectivity index (χ0) is 32.9. The Hall–Kier alpha value is -2.99. The first kappa shape index (κ1) is 35.5. The molecule has 0 spiro atoms. The molecular weight excluding hydrogens is 593 g/mol. The lowest BCUT2D eigenvalue weighted by Crippen LogP contribution is -2.56. The predicted octanol–water partition coefficient (Wildman–Crippen LogP) is 9.28. The first-order chi connectivity index (χ1) is 20.6. The number of aryl methyl sites for hydroxylation is 2. The lowest BCUT2D eigenvalue weighted by atomic mass is 9.69. The molecule has 242 valence electrons. The molecule has 3 aromatic carbocycles. The van der Waals surface area contributed by atoms with Crippen LogP contribution in [0.15, 0.2) is 54.6 Å². The minimum Gasteiger partial charge on any atom is -0.359 e. The fourth-order valence-corrected chi connectivity index (χ4v) is 5.88. The maximum absolute atomic E-state index is 14.8. The van der Waals surface area contributed by atoms with Crippen molar-refractivity contribution in [3.8, 4) is 11.1 Å². The summed E-state index contributed by atoms with van der Waals surface area (Å²) in [6.45, 7) is 5.89. The molecule has 0 radical (unpaired) electrons. The summed E-state index contributed by atoms with van der Waals surface area (Å²) in [5, 5.41) is 0. The van der Waals surface area contributed by atoms with Crippen LogP contribution in [0, 0.1) is 19.7 Å². The van der Waals surface area contributed by atoms with Gasteiger partial charge in [0, 0.05) is 24.5 Å². The van der Waals surface area contributed by atoms with E-state index >= 15 is 0 Å². The molecule has 11 heteroatoms. The van der Waals surface area contributed by atoms with Gasteiger partial charge in [0.05, 0.1) is 13.7 Å². The molecule has 3 aromatic rings. The third kappa shape index (κ3) is 6.66. The minimum atomic E-state index is -5.81. The Bertz CT molecular complexity index is 1400. The summed E-state index contributed by atoms with van der Waals surface area (Å²) in [7, 11) is 2.32. The minimum absolute atomic E-state index is 0.199. The fourth-order valence-electron chi connectivity index (χ4n) is 5.88. The monoisotopic (exact) mass is 630 g/mol. The van der Waals surface area contributed by atoms with Crippen molar-refractivity contribution >= 4 is 0 Å². The molecule has 0 heterocycles. The quantitative estimate of drug-likeness (QED) is 0.0620. The molecule has 0 atom stereocenters. The average Bonchev–Trinajstić information content (AvgIpc) is 2.95. The van der Waals surface area contributed by atoms with Crippen LogP contribution in [0.25, 0.3) is 11.1 Å². The molecule has 0 N–H and O–H groups in total. The Balaban J connectivity index is 2.09. The van der Waals surface area contributed by atoms with E-state index in [1.165, 1.54) is 32.2 Å². The van der Waals surface area contributed by atoms with Crippen LogP contribution in [0.5, 0.6) is 0 Å². The number of benzene rings is 3. The fraction of sp³-hybridized carbons (Fsp3) is 0.455. The smallest absolute Gasteiger partial charge is 0.359 e. The Morgan fingerprint density at radius 2 is 1.32 bits per heavy atom. The first-order valence-electron chi connectivity index (χ1n) is 14.1. The Labute approximate surface area is 253 Å². The summed E-state index contributed by atoms with van der Waals surface area (Å²) in [6, 6.07) is 14.1. The second-order valence-electron chi connectivity index (χ2n) is 10.6. The van der Waals surface area contributed by atoms with Crippen LogP contribution in [-0.2, 0) is 36.7 Å². The molecule has 0 bridgehead atoms. The van der Waals surface area contributed by atoms with Gasteiger partial charge in [-0.05, 0) is 71.7 Å². The van der Waals surface area contributed by atoms with Crippen molar-refractivity contribution in [3.63, 3.8) is 0 Å². The summed E-state index contributed by atoms with van der Waals surface area (Å²) < 4.78 is 109. The molecule has 0 unspecified atom stereocenters. The van der Waals surface area contributed by atoms with Crippen molar-refractivity contribution in [2.75, 3.05) is 27.6 Å². The van der Waals surface area contributed by atoms with Gasteiger partial charge < -0.3 is 9.47 Å². The highest BCUT2D eigenvalue weighted by Crippen LogP contribution is 2.54. The molecule has 0 aliphatic rings. The van der Waals surface area contributed by atoms with Gasteiger partial charge in [-0.1, -0.05) is 62.4 Å². The van der Waals surface area contributed by atoms with Gasteiger partial charge in [0.2, 0.25) is 0 Å². The van der Waals surface area contributed by atoms with Crippen molar-refractivity contribution in [2.45, 2.75) is 70.3 Å². The van der Waals surface area contributed by atoms with E-state index in [0.29, 0.717) is 36.0 Å². The molecule has 0 aliphatic carbocycles. The molecule has 0 aromatic heterocycles. The van der Waals surface area contributed by atoms with Gasteiger partial charge in [-0.15, -0.1) is 0 Å². The maximum atomic E-state index is 14.8. The average molecular weight is 631 g/mol. The molecular formula is C33H37F7O4. The van der Waals surface area contributed by atoms with Crippen LogP contribution in [0.2, 0.25) is 0 Å². The van der Waals surface area contributed by atoms with Gasteiger partial charge >= 0.3 is 12.4 Å². The van der Waals surface area contributed by atoms with Gasteiger partial charge in [0.1, 0.15) is 12.6 Å². The molecule has 0 saturated heterocycles. The second kappa shape index (κ2) is 14.0. The van der Waals surface area contributed by atoms with Crippen LogP contribution in [-0.4, -0.2) is 40.0 Å². The van der Waals surface area contributed by atoms with Gasteiger partial charge in [-0.25, -0.2) is 14.2 Å². The highest BCUT2D eigenvalue weighted by molar-refractivity contribution is 5.68. The molecule has 44 heavy (non-hydrogen) atoms. The number of hydrogen-bond donors (Lipinski definition) is 0. The molecule has 3 rings (SSSR count). The van der Waals surface area contributed by atoms with E-state index in [4.69, 9.17) is 4.89 Å². The number of ether oxygens (including phenoxy) is 2. The molecule has 0 fully saturated rings. The highest BCUT2D eigenvalue weighted by atomic mass is 19.4. The summed E-state index contributed by atoms with van der Waals surface area (Å²) in [5.41, 5.74) is -2.42. The van der Waals surface area contributed by atoms with E-state index in [-0.39, 0.29) is 18.0 Å². The first-order valence-corrected chi connectivity index (χ1v) is 14.1. The van der Waals surface area contributed by atoms with E-state index in [0.717, 1.165) is 29.9 Å². The number of methoxy groups -OCH3 is 1. The third-order valence-electron chi connectivity index (χ3n) is 8.27. The van der Waals surface area contributed by atoms with E-state index in [1.54, 1.807) is 12.1 Å². The molecule has 0 amide bonds. The van der Waals surface area contributed by atoms with E-state index in [2.05, 4.69) is 14.4 Å². The van der Waals surface area contributed by atoms with Crippen molar-refractivity contribution in [2.24, 2.45) is 0 Å². The van der Waals surface area contributed by atoms with Gasteiger partial charge in [-0.2, -0.15) is 26.3 Å². The van der Waals surface area contributed by atoms with Crippen molar-refractivity contribution < 1.29 is 50.0 Å². The standard InChI is InChI=1S/C33H37F7O4/c1-7-30(8-2,25-11-13-27(21(3)17-25)24-10-9-23(29(34)19-24)15-16-44-42-6)26-12-14-28(22(4)18-26)31(32(35,36)37,33(38,39)40)43-20-41-5/h9-14,17-19H,7-8,15-16,20H2,1-6H3. The number of halogens is 7. The zero-order valence-electron chi connectivity index (χ0n) is 25.5. The molecule has 4 nitrogen and oxygen atoms in total. The Morgan fingerprint density at radius 3 is 1.80 bits per heavy atom. The Kier molecular flexibility index (Phi) is 11.3. The van der Waals surface area contributed by atoms with Gasteiger partial charge in [0.15, 0.2) is 0 Å². The van der Waals surface area contributed by atoms with Crippen LogP contribution in [0.3, 0.4) is 0 Å². The lowest BCUT2D eigenvalue weighted by Gasteiger charge is -2.39. The van der Waals surface area contributed by atoms with Crippen LogP contribution in [0.1, 0.15) is 60.1 Å². The largest absolute Gasteiger partial charge is 0.430 e. The topological polar surface area (TPSA) is 36.9 Å². The van der Waals surface area contributed by atoms with Crippen LogP contribution < -0.4 is 0 Å². The number of alkyl halides is 6. The lowest BCUT2D eigenvalue weighted by molar-refractivity contribution is -0.400. The van der Waals surface area contributed by atoms with E-state index in [9.17, 15) is 30.7 Å². The van der Waals surface area contributed by atoms with Crippen LogP contribution >= 0.6 is 0 Å². The summed E-state index contributed by atoms with van der Waals surface area (Å²) in [4.78, 5) is 9.37. The van der Waals surface area contributed by atoms with Crippen molar-refractivity contribution in [3.05, 3.63) is 93.8 Å². The molecule has 0 saturated carbocycles. The summed E-state index contributed by atoms with van der Waals surface area (Å²) >= 11 is 0. The van der Waals surface area contributed by atoms with E-state index in [1.807, 2.05) is 39.0 Å². The van der Waals surface area contributed by atoms with Crippen molar-refractivity contribution in [1.29, 1.82) is 0 Å². The van der Waals surface area contributed by atoms with Crippen LogP contribution in [0.4, 0.5) is 30.7 Å². The molecule has 0 aliphatic heterocycles. The van der Waals surface area contributed by atoms with E-state index < -0.39 is 35.7 Å². The second-order valence-corrected chi connectivity index (χ2v) is 10.6. The Morgan fingerprint density at radius 1 is 0.727 bits per heavy atom. The third-order valence-corrected chi connectivity index (χ3v) is 8.27. The normalized spacial score (nSPS) is 13.0. The zero-order valence-corrected chi connectivity index (χ0v) is 25.5. The van der Waals surface area contributed by atoms with Gasteiger partial charge in [0.25, 0.3) is 5.60 Å². The maximum Gasteiger partial charge on any atom is 0.430 e. The SMILES string of the molecule is CCC(CC)(c1ccc(-c2ccc(CCOOC)c(F)c2)c(C)c1)c1ccc(C(OCOC)(C(F)(F)F)C(F)(F)F)c(C)c1.